The highest BCUT2D eigenvalue weighted by molar-refractivity contribution is 6.02. The van der Waals surface area contributed by atoms with Crippen molar-refractivity contribution in [3.8, 4) is 45.6 Å². The number of ether oxygens (including phenoxy) is 7. The lowest BCUT2D eigenvalue weighted by Crippen LogP contribution is -2.08. The minimum absolute atomic E-state index is 0.211. The number of hydrogen-bond donors (Lipinski definition) is 0. The fraction of sp³-hybridized carbons (Fsp3) is 0.350. The molecule has 0 atom stereocenters. The Balaban J connectivity index is 3.00. The first kappa shape index (κ1) is 21.0. The van der Waals surface area contributed by atoms with E-state index < -0.39 is 5.97 Å². The van der Waals surface area contributed by atoms with Gasteiger partial charge in [-0.05, 0) is 18.2 Å². The average Bonchev–Trinajstić information content (AvgIpc) is 2.75. The molecular formula is C20H24O8. The third kappa shape index (κ3) is 3.45. The molecule has 0 bridgehead atoms. The minimum atomic E-state index is -0.578. The molecule has 152 valence electrons. The smallest absolute Gasteiger partial charge is 0.338 e. The molecule has 2 aromatic rings. The first-order chi connectivity index (χ1) is 13.5. The molecule has 8 nitrogen and oxygen atoms in total. The lowest BCUT2D eigenvalue weighted by atomic mass is 9.95. The van der Waals surface area contributed by atoms with Gasteiger partial charge in [-0.15, -0.1) is 0 Å². The Kier molecular flexibility index (Phi) is 6.81. The molecule has 0 aliphatic rings. The van der Waals surface area contributed by atoms with Crippen molar-refractivity contribution in [2.75, 3.05) is 49.8 Å². The van der Waals surface area contributed by atoms with Crippen LogP contribution in [0.25, 0.3) is 11.1 Å². The molecular weight excluding hydrogens is 368 g/mol. The van der Waals surface area contributed by atoms with Crippen LogP contribution in [-0.2, 0) is 4.74 Å². The lowest BCUT2D eigenvalue weighted by molar-refractivity contribution is 0.0600. The van der Waals surface area contributed by atoms with Crippen LogP contribution in [0, 0.1) is 0 Å². The molecule has 2 aromatic carbocycles. The molecule has 0 spiro atoms. The monoisotopic (exact) mass is 392 g/mol. The maximum Gasteiger partial charge on any atom is 0.338 e. The summed E-state index contributed by atoms with van der Waals surface area (Å²) >= 11 is 0. The van der Waals surface area contributed by atoms with Gasteiger partial charge in [0.05, 0.1) is 55.3 Å². The molecule has 8 heteroatoms. The molecule has 0 unspecified atom stereocenters. The van der Waals surface area contributed by atoms with Gasteiger partial charge in [-0.2, -0.15) is 0 Å². The van der Waals surface area contributed by atoms with E-state index >= 15 is 0 Å². The number of benzene rings is 2. The van der Waals surface area contributed by atoms with Gasteiger partial charge in [0.15, 0.2) is 23.0 Å². The van der Waals surface area contributed by atoms with Crippen molar-refractivity contribution in [2.45, 2.75) is 0 Å². The van der Waals surface area contributed by atoms with Gasteiger partial charge in [-0.3, -0.25) is 0 Å². The Morgan fingerprint density at radius 1 is 0.643 bits per heavy atom. The number of carbonyl (C=O) groups is 1. The van der Waals surface area contributed by atoms with Crippen LogP contribution in [0.5, 0.6) is 34.5 Å². The minimum Gasteiger partial charge on any atom is -0.493 e. The number of hydrogen-bond acceptors (Lipinski definition) is 8. The van der Waals surface area contributed by atoms with Crippen LogP contribution in [0.1, 0.15) is 10.4 Å². The average molecular weight is 392 g/mol. The highest BCUT2D eigenvalue weighted by atomic mass is 16.5. The summed E-state index contributed by atoms with van der Waals surface area (Å²) in [4.78, 5) is 12.5. The highest BCUT2D eigenvalue weighted by Crippen LogP contribution is 2.52. The standard InChI is InChI=1S/C20H24O8/c1-22-13-9-8-11(16(24-3)17(13)25-4)15-12(20(21)28-7)10-14(23-2)18(26-5)19(15)27-6/h8-10H,1-7H3. The number of methoxy groups -OCH3 is 7. The van der Waals surface area contributed by atoms with Gasteiger partial charge in [0, 0.05) is 11.1 Å². The van der Waals surface area contributed by atoms with E-state index in [-0.39, 0.29) is 11.3 Å². The van der Waals surface area contributed by atoms with E-state index in [1.165, 1.54) is 55.8 Å². The zero-order chi connectivity index (χ0) is 20.8. The zero-order valence-electron chi connectivity index (χ0n) is 17.0. The highest BCUT2D eigenvalue weighted by Gasteiger charge is 2.29. The SMILES string of the molecule is COC(=O)c1cc(OC)c(OC)c(OC)c1-c1ccc(OC)c(OC)c1OC. The summed E-state index contributed by atoms with van der Waals surface area (Å²) < 4.78 is 37.7. The van der Waals surface area contributed by atoms with Gasteiger partial charge >= 0.3 is 5.97 Å². The number of esters is 1. The molecule has 28 heavy (non-hydrogen) atoms. The summed E-state index contributed by atoms with van der Waals surface area (Å²) in [5, 5.41) is 0. The summed E-state index contributed by atoms with van der Waals surface area (Å²) in [7, 11) is 10.2. The Morgan fingerprint density at radius 2 is 1.18 bits per heavy atom. The van der Waals surface area contributed by atoms with Gasteiger partial charge in [0.25, 0.3) is 0 Å². The normalized spacial score (nSPS) is 10.1. The van der Waals surface area contributed by atoms with Gasteiger partial charge < -0.3 is 33.2 Å². The Morgan fingerprint density at radius 3 is 1.64 bits per heavy atom. The summed E-state index contributed by atoms with van der Waals surface area (Å²) in [6.45, 7) is 0. The second kappa shape index (κ2) is 9.07. The summed E-state index contributed by atoms with van der Waals surface area (Å²) in [6.07, 6.45) is 0. The van der Waals surface area contributed by atoms with Crippen molar-refractivity contribution in [3.63, 3.8) is 0 Å². The summed E-state index contributed by atoms with van der Waals surface area (Å²) in [5.41, 5.74) is 1.14. The van der Waals surface area contributed by atoms with Crippen LogP contribution in [0.15, 0.2) is 18.2 Å². The van der Waals surface area contributed by atoms with Crippen molar-refractivity contribution in [1.82, 2.24) is 0 Å². The van der Waals surface area contributed by atoms with E-state index in [2.05, 4.69) is 0 Å². The lowest BCUT2D eigenvalue weighted by Gasteiger charge is -2.21. The second-order valence-corrected chi connectivity index (χ2v) is 5.44. The van der Waals surface area contributed by atoms with Crippen molar-refractivity contribution in [1.29, 1.82) is 0 Å². The van der Waals surface area contributed by atoms with E-state index in [1.807, 2.05) is 0 Å². The molecule has 0 N–H and O–H groups in total. The molecule has 0 amide bonds. The summed E-state index contributed by atoms with van der Waals surface area (Å²) in [5.74, 6) is 1.56. The third-order valence-electron chi connectivity index (χ3n) is 4.21. The molecule has 2 rings (SSSR count). The molecule has 0 saturated heterocycles. The molecule has 0 fully saturated rings. The molecule has 0 heterocycles. The van der Waals surface area contributed by atoms with E-state index in [1.54, 1.807) is 12.1 Å². The Bertz CT molecular complexity index is 860. The van der Waals surface area contributed by atoms with Gasteiger partial charge in [0.2, 0.25) is 11.5 Å². The molecule has 0 aliphatic carbocycles. The van der Waals surface area contributed by atoms with Gasteiger partial charge in [-0.1, -0.05) is 0 Å². The van der Waals surface area contributed by atoms with Crippen LogP contribution < -0.4 is 28.4 Å². The Labute approximate surface area is 163 Å². The quantitative estimate of drug-likeness (QED) is 0.634. The maximum atomic E-state index is 12.5. The van der Waals surface area contributed by atoms with Crippen molar-refractivity contribution >= 4 is 5.97 Å². The van der Waals surface area contributed by atoms with Gasteiger partial charge in [0.1, 0.15) is 0 Å². The van der Waals surface area contributed by atoms with E-state index in [0.29, 0.717) is 39.9 Å². The Hall–Kier alpha value is -3.29. The van der Waals surface area contributed by atoms with E-state index in [4.69, 9.17) is 33.2 Å². The van der Waals surface area contributed by atoms with Crippen LogP contribution in [0.2, 0.25) is 0 Å². The summed E-state index contributed by atoms with van der Waals surface area (Å²) in [6, 6.07) is 4.96. The van der Waals surface area contributed by atoms with Crippen LogP contribution >= 0.6 is 0 Å². The zero-order valence-corrected chi connectivity index (χ0v) is 17.0. The predicted molar refractivity (Wildman–Crippen MR) is 103 cm³/mol. The largest absolute Gasteiger partial charge is 0.493 e. The molecule has 0 aromatic heterocycles. The molecule has 0 radical (unpaired) electrons. The first-order valence-electron chi connectivity index (χ1n) is 8.23. The third-order valence-corrected chi connectivity index (χ3v) is 4.21. The van der Waals surface area contributed by atoms with E-state index in [0.717, 1.165) is 0 Å². The van der Waals surface area contributed by atoms with Crippen LogP contribution in [0.3, 0.4) is 0 Å². The molecule has 0 aliphatic heterocycles. The number of rotatable bonds is 8. The number of carbonyl (C=O) groups excluding carboxylic acids is 1. The first-order valence-corrected chi connectivity index (χ1v) is 8.23. The maximum absolute atomic E-state index is 12.5. The van der Waals surface area contributed by atoms with Crippen molar-refractivity contribution < 1.29 is 38.0 Å². The van der Waals surface area contributed by atoms with Crippen LogP contribution in [0.4, 0.5) is 0 Å². The second-order valence-electron chi connectivity index (χ2n) is 5.44. The van der Waals surface area contributed by atoms with Gasteiger partial charge in [-0.25, -0.2) is 4.79 Å². The van der Waals surface area contributed by atoms with E-state index in [9.17, 15) is 4.79 Å². The van der Waals surface area contributed by atoms with Crippen molar-refractivity contribution in [3.05, 3.63) is 23.8 Å². The van der Waals surface area contributed by atoms with Crippen LogP contribution in [-0.4, -0.2) is 55.7 Å². The van der Waals surface area contributed by atoms with Crippen molar-refractivity contribution in [2.24, 2.45) is 0 Å². The fourth-order valence-electron chi connectivity index (χ4n) is 2.99. The topological polar surface area (TPSA) is 81.7 Å². The fourth-order valence-corrected chi connectivity index (χ4v) is 2.99. The molecule has 0 saturated carbocycles. The predicted octanol–water partition coefficient (Wildman–Crippen LogP) is 3.19.